The van der Waals surface area contributed by atoms with Gasteiger partial charge < -0.3 is 5.11 Å². The number of phenolic OH excluding ortho intramolecular Hbond substituents is 1. The maximum Gasteiger partial charge on any atom is 0.163 e. The van der Waals surface area contributed by atoms with Crippen LogP contribution in [-0.4, -0.2) is 15.9 Å². The summed E-state index contributed by atoms with van der Waals surface area (Å²) < 4.78 is 0. The molecule has 0 saturated heterocycles. The Kier molecular flexibility index (Phi) is 3.50. The topological polar surface area (TPSA) is 50.2 Å². The standard InChI is InChI=1S/C17H17NO2/c19-16-6-3-5-13-14(17(20)10-9-15(13)16)8-7-12-4-1-2-11-18-12/h1-2,4,9-11,20H,3,5-8H2. The second-order valence-corrected chi connectivity index (χ2v) is 5.19. The number of ketones is 1. The highest BCUT2D eigenvalue weighted by atomic mass is 16.3. The number of nitrogens with zero attached hydrogens (tertiary/aromatic N) is 1. The van der Waals surface area contributed by atoms with Crippen molar-refractivity contribution in [1.29, 1.82) is 0 Å². The smallest absolute Gasteiger partial charge is 0.163 e. The Morgan fingerprint density at radius 3 is 2.80 bits per heavy atom. The fourth-order valence-electron chi connectivity index (χ4n) is 2.87. The van der Waals surface area contributed by atoms with E-state index < -0.39 is 0 Å². The fourth-order valence-corrected chi connectivity index (χ4v) is 2.87. The van der Waals surface area contributed by atoms with Gasteiger partial charge in [-0.1, -0.05) is 6.07 Å². The molecule has 0 saturated carbocycles. The summed E-state index contributed by atoms with van der Waals surface area (Å²) in [4.78, 5) is 16.2. The quantitative estimate of drug-likeness (QED) is 0.929. The van der Waals surface area contributed by atoms with Gasteiger partial charge in [-0.3, -0.25) is 9.78 Å². The van der Waals surface area contributed by atoms with E-state index in [1.54, 1.807) is 18.3 Å². The largest absolute Gasteiger partial charge is 0.508 e. The Balaban J connectivity index is 1.89. The molecule has 1 aliphatic carbocycles. The molecule has 3 rings (SSSR count). The lowest BCUT2D eigenvalue weighted by molar-refractivity contribution is 0.0972. The molecule has 1 aliphatic rings. The number of hydrogen-bond acceptors (Lipinski definition) is 3. The second-order valence-electron chi connectivity index (χ2n) is 5.19. The first kappa shape index (κ1) is 12.9. The molecule has 0 bridgehead atoms. The van der Waals surface area contributed by atoms with Crippen LogP contribution in [0.3, 0.4) is 0 Å². The van der Waals surface area contributed by atoms with Crippen LogP contribution in [0, 0.1) is 0 Å². The molecule has 0 radical (unpaired) electrons. The maximum atomic E-state index is 11.9. The Morgan fingerprint density at radius 1 is 1.10 bits per heavy atom. The Bertz CT molecular complexity index is 635. The molecule has 1 aromatic carbocycles. The summed E-state index contributed by atoms with van der Waals surface area (Å²) in [7, 11) is 0. The lowest BCUT2D eigenvalue weighted by Crippen LogP contribution is -2.13. The van der Waals surface area contributed by atoms with Gasteiger partial charge in [0.05, 0.1) is 0 Å². The summed E-state index contributed by atoms with van der Waals surface area (Å²) >= 11 is 0. The predicted molar refractivity (Wildman–Crippen MR) is 77.0 cm³/mol. The molecular formula is C17H17NO2. The third kappa shape index (κ3) is 2.44. The van der Waals surface area contributed by atoms with Crippen LogP contribution in [0.1, 0.15) is 40.0 Å². The highest BCUT2D eigenvalue weighted by Gasteiger charge is 2.21. The highest BCUT2D eigenvalue weighted by Crippen LogP contribution is 2.31. The van der Waals surface area contributed by atoms with E-state index in [4.69, 9.17) is 0 Å². The molecule has 3 heteroatoms. The van der Waals surface area contributed by atoms with Crippen molar-refractivity contribution in [1.82, 2.24) is 4.98 Å². The molecule has 0 atom stereocenters. The van der Waals surface area contributed by atoms with Crippen molar-refractivity contribution in [2.45, 2.75) is 32.1 Å². The van der Waals surface area contributed by atoms with Gasteiger partial charge in [0.1, 0.15) is 5.75 Å². The molecule has 3 nitrogen and oxygen atoms in total. The van der Waals surface area contributed by atoms with Crippen LogP contribution < -0.4 is 0 Å². The van der Waals surface area contributed by atoms with Crippen LogP contribution in [0.5, 0.6) is 5.75 Å². The summed E-state index contributed by atoms with van der Waals surface area (Å²) in [5.74, 6) is 0.500. The van der Waals surface area contributed by atoms with Crippen molar-refractivity contribution >= 4 is 5.78 Å². The normalized spacial score (nSPS) is 14.1. The fraction of sp³-hybridized carbons (Fsp3) is 0.294. The Hall–Kier alpha value is -2.16. The Labute approximate surface area is 118 Å². The molecule has 0 spiro atoms. The van der Waals surface area contributed by atoms with Crippen molar-refractivity contribution in [2.24, 2.45) is 0 Å². The lowest BCUT2D eigenvalue weighted by atomic mass is 9.85. The van der Waals surface area contributed by atoms with E-state index in [9.17, 15) is 9.90 Å². The number of Topliss-reactive ketones (excluding diaryl/α,β-unsaturated/α-hetero) is 1. The molecular weight excluding hydrogens is 250 g/mol. The number of fused-ring (bicyclic) bond motifs is 1. The maximum absolute atomic E-state index is 11.9. The Morgan fingerprint density at radius 2 is 2.00 bits per heavy atom. The minimum atomic E-state index is 0.199. The van der Waals surface area contributed by atoms with E-state index >= 15 is 0 Å². The molecule has 0 amide bonds. The first-order valence-electron chi connectivity index (χ1n) is 7.02. The molecule has 1 aromatic heterocycles. The van der Waals surface area contributed by atoms with Crippen molar-refractivity contribution in [3.05, 3.63) is 58.9 Å². The van der Waals surface area contributed by atoms with Gasteiger partial charge in [0, 0.05) is 23.9 Å². The minimum Gasteiger partial charge on any atom is -0.508 e. The van der Waals surface area contributed by atoms with E-state index in [1.807, 2.05) is 18.2 Å². The van der Waals surface area contributed by atoms with E-state index in [-0.39, 0.29) is 5.78 Å². The van der Waals surface area contributed by atoms with Crippen molar-refractivity contribution in [3.8, 4) is 5.75 Å². The first-order chi connectivity index (χ1) is 9.75. The third-order valence-electron chi connectivity index (χ3n) is 3.89. The van der Waals surface area contributed by atoms with Crippen LogP contribution in [0.2, 0.25) is 0 Å². The molecule has 0 fully saturated rings. The number of phenols is 1. The molecule has 20 heavy (non-hydrogen) atoms. The molecule has 0 unspecified atom stereocenters. The van der Waals surface area contributed by atoms with Gasteiger partial charge >= 0.3 is 0 Å². The summed E-state index contributed by atoms with van der Waals surface area (Å²) in [6.07, 6.45) is 5.66. The van der Waals surface area contributed by atoms with Gasteiger partial charge in [0.25, 0.3) is 0 Å². The van der Waals surface area contributed by atoms with E-state index in [0.29, 0.717) is 12.2 Å². The summed E-state index contributed by atoms with van der Waals surface area (Å²) in [6, 6.07) is 9.25. The van der Waals surface area contributed by atoms with Crippen LogP contribution >= 0.6 is 0 Å². The zero-order valence-corrected chi connectivity index (χ0v) is 11.3. The summed E-state index contributed by atoms with van der Waals surface area (Å²) in [6.45, 7) is 0. The number of carbonyl (C=O) groups is 1. The average molecular weight is 267 g/mol. The number of carbonyl (C=O) groups excluding carboxylic acids is 1. The van der Waals surface area contributed by atoms with Crippen LogP contribution in [-0.2, 0) is 19.3 Å². The van der Waals surface area contributed by atoms with Gasteiger partial charge in [-0.15, -0.1) is 0 Å². The lowest BCUT2D eigenvalue weighted by Gasteiger charge is -2.19. The van der Waals surface area contributed by atoms with Gasteiger partial charge in [-0.25, -0.2) is 0 Å². The predicted octanol–water partition coefficient (Wildman–Crippen LogP) is 3.09. The van der Waals surface area contributed by atoms with Crippen molar-refractivity contribution in [3.63, 3.8) is 0 Å². The highest BCUT2D eigenvalue weighted by molar-refractivity contribution is 5.99. The monoisotopic (exact) mass is 267 g/mol. The van der Waals surface area contributed by atoms with Gasteiger partial charge in [-0.2, -0.15) is 0 Å². The SMILES string of the molecule is O=C1CCCc2c1ccc(O)c2CCc1ccccn1. The molecule has 1 heterocycles. The number of hydrogen-bond donors (Lipinski definition) is 1. The van der Waals surface area contributed by atoms with E-state index in [0.717, 1.165) is 48.1 Å². The van der Waals surface area contributed by atoms with Crippen molar-refractivity contribution < 1.29 is 9.90 Å². The molecule has 1 N–H and O–H groups in total. The van der Waals surface area contributed by atoms with Gasteiger partial charge in [0.15, 0.2) is 5.78 Å². The van der Waals surface area contributed by atoms with E-state index in [1.165, 1.54) is 0 Å². The molecule has 102 valence electrons. The number of aromatic hydroxyl groups is 1. The number of benzene rings is 1. The van der Waals surface area contributed by atoms with Crippen LogP contribution in [0.4, 0.5) is 0 Å². The van der Waals surface area contributed by atoms with Gasteiger partial charge in [0.2, 0.25) is 0 Å². The number of aromatic nitrogens is 1. The van der Waals surface area contributed by atoms with Crippen LogP contribution in [0.15, 0.2) is 36.5 Å². The summed E-state index contributed by atoms with van der Waals surface area (Å²) in [5.41, 5.74) is 3.76. The van der Waals surface area contributed by atoms with Gasteiger partial charge in [-0.05, 0) is 61.1 Å². The molecule has 0 aliphatic heterocycles. The van der Waals surface area contributed by atoms with Crippen LogP contribution in [0.25, 0.3) is 0 Å². The first-order valence-corrected chi connectivity index (χ1v) is 7.02. The summed E-state index contributed by atoms with van der Waals surface area (Å²) in [5, 5.41) is 10.1. The number of pyridine rings is 1. The zero-order chi connectivity index (χ0) is 13.9. The minimum absolute atomic E-state index is 0.199. The van der Waals surface area contributed by atoms with E-state index in [2.05, 4.69) is 4.98 Å². The zero-order valence-electron chi connectivity index (χ0n) is 11.3. The number of aryl methyl sites for hydroxylation is 1. The average Bonchev–Trinajstić information content (AvgIpc) is 2.47. The number of rotatable bonds is 3. The van der Waals surface area contributed by atoms with Crippen molar-refractivity contribution in [2.75, 3.05) is 0 Å². The molecule has 2 aromatic rings. The second kappa shape index (κ2) is 5.45. The third-order valence-corrected chi connectivity index (χ3v) is 3.89.